The van der Waals surface area contributed by atoms with Gasteiger partial charge in [0.15, 0.2) is 0 Å². The van der Waals surface area contributed by atoms with E-state index in [1.807, 2.05) is 6.07 Å². The molecule has 1 aromatic rings. The predicted octanol–water partition coefficient (Wildman–Crippen LogP) is 2.26. The highest BCUT2D eigenvalue weighted by molar-refractivity contribution is 6.10. The lowest BCUT2D eigenvalue weighted by Gasteiger charge is -2.33. The van der Waals surface area contributed by atoms with Crippen molar-refractivity contribution in [1.82, 2.24) is 10.2 Å². The van der Waals surface area contributed by atoms with Gasteiger partial charge in [-0.3, -0.25) is 9.59 Å². The molecule has 1 heterocycles. The number of nitrogens with zero attached hydrogens (tertiary/aromatic N) is 2. The van der Waals surface area contributed by atoms with Crippen molar-refractivity contribution in [2.24, 2.45) is 5.41 Å². The monoisotopic (exact) mass is 386 g/mol. The van der Waals surface area contributed by atoms with Crippen LogP contribution in [0.1, 0.15) is 39.2 Å². The van der Waals surface area contributed by atoms with E-state index in [0.29, 0.717) is 43.8 Å². The zero-order chi connectivity index (χ0) is 20.7. The van der Waals surface area contributed by atoms with Gasteiger partial charge in [-0.2, -0.15) is 5.26 Å². The second kappa shape index (κ2) is 9.22. The van der Waals surface area contributed by atoms with E-state index in [4.69, 9.17) is 10.00 Å². The minimum absolute atomic E-state index is 0.104. The van der Waals surface area contributed by atoms with Crippen molar-refractivity contribution >= 4 is 23.6 Å². The third kappa shape index (κ3) is 5.22. The average molecular weight is 386 g/mol. The standard InChI is InChI=1S/C20H26N4O4/c1-4-28-19(27)24-10-8-15(9-11-24)22-17(25)20(2,3)18(26)23-16-7-5-6-14(12-16)13-21/h5-7,12,15H,4,8-11H2,1-3H3,(H,22,25)(H,23,26). The first-order valence-electron chi connectivity index (χ1n) is 9.32. The van der Waals surface area contributed by atoms with Gasteiger partial charge in [0.1, 0.15) is 5.41 Å². The summed E-state index contributed by atoms with van der Waals surface area (Å²) in [4.78, 5) is 38.6. The lowest BCUT2D eigenvalue weighted by Crippen LogP contribution is -2.52. The maximum absolute atomic E-state index is 12.7. The number of rotatable bonds is 5. The van der Waals surface area contributed by atoms with Crippen LogP contribution in [0.25, 0.3) is 0 Å². The molecule has 0 saturated carbocycles. The molecule has 8 heteroatoms. The van der Waals surface area contributed by atoms with E-state index >= 15 is 0 Å². The number of nitrogens with one attached hydrogen (secondary N) is 2. The summed E-state index contributed by atoms with van der Waals surface area (Å²) in [5.41, 5.74) is -0.401. The lowest BCUT2D eigenvalue weighted by atomic mass is 9.90. The molecule has 28 heavy (non-hydrogen) atoms. The Bertz CT molecular complexity index is 777. The zero-order valence-electron chi connectivity index (χ0n) is 16.4. The summed E-state index contributed by atoms with van der Waals surface area (Å²) < 4.78 is 4.98. The Morgan fingerprint density at radius 1 is 1.25 bits per heavy atom. The fourth-order valence-electron chi connectivity index (χ4n) is 2.84. The molecule has 1 aliphatic rings. The molecule has 2 rings (SSSR count). The smallest absolute Gasteiger partial charge is 0.409 e. The van der Waals surface area contributed by atoms with Gasteiger partial charge in [-0.15, -0.1) is 0 Å². The minimum Gasteiger partial charge on any atom is -0.450 e. The number of ether oxygens (including phenoxy) is 1. The molecule has 0 atom stereocenters. The van der Waals surface area contributed by atoms with Crippen molar-refractivity contribution in [3.63, 3.8) is 0 Å². The van der Waals surface area contributed by atoms with Crippen molar-refractivity contribution in [3.05, 3.63) is 29.8 Å². The Hall–Kier alpha value is -3.08. The van der Waals surface area contributed by atoms with Crippen LogP contribution in [0.5, 0.6) is 0 Å². The van der Waals surface area contributed by atoms with Crippen molar-refractivity contribution in [1.29, 1.82) is 5.26 Å². The third-order valence-electron chi connectivity index (χ3n) is 4.74. The summed E-state index contributed by atoms with van der Waals surface area (Å²) in [6.07, 6.45) is 0.866. The molecule has 150 valence electrons. The van der Waals surface area contributed by atoms with Crippen molar-refractivity contribution in [3.8, 4) is 6.07 Å². The van der Waals surface area contributed by atoms with Gasteiger partial charge in [-0.1, -0.05) is 6.07 Å². The fourth-order valence-corrected chi connectivity index (χ4v) is 2.84. The quantitative estimate of drug-likeness (QED) is 0.754. The van der Waals surface area contributed by atoms with Crippen LogP contribution in [0.4, 0.5) is 10.5 Å². The minimum atomic E-state index is -1.29. The van der Waals surface area contributed by atoms with Gasteiger partial charge in [0.05, 0.1) is 18.2 Å². The molecule has 0 bridgehead atoms. The molecule has 1 aromatic carbocycles. The lowest BCUT2D eigenvalue weighted by molar-refractivity contribution is -0.139. The highest BCUT2D eigenvalue weighted by atomic mass is 16.6. The van der Waals surface area contributed by atoms with Crippen molar-refractivity contribution < 1.29 is 19.1 Å². The number of carbonyl (C=O) groups excluding carboxylic acids is 3. The van der Waals surface area contributed by atoms with Gasteiger partial charge in [0, 0.05) is 24.8 Å². The van der Waals surface area contributed by atoms with E-state index in [0.717, 1.165) is 0 Å². The number of hydrogen-bond donors (Lipinski definition) is 2. The Morgan fingerprint density at radius 2 is 1.93 bits per heavy atom. The van der Waals surface area contributed by atoms with Gasteiger partial charge >= 0.3 is 6.09 Å². The van der Waals surface area contributed by atoms with Crippen molar-refractivity contribution in [2.45, 2.75) is 39.7 Å². The van der Waals surface area contributed by atoms with E-state index in [1.165, 1.54) is 0 Å². The number of piperidine rings is 1. The van der Waals surface area contributed by atoms with Crippen LogP contribution >= 0.6 is 0 Å². The summed E-state index contributed by atoms with van der Waals surface area (Å²) in [6.45, 7) is 6.19. The highest BCUT2D eigenvalue weighted by Crippen LogP contribution is 2.21. The number of hydrogen-bond acceptors (Lipinski definition) is 5. The topological polar surface area (TPSA) is 112 Å². The molecule has 3 amide bonds. The third-order valence-corrected chi connectivity index (χ3v) is 4.74. The first-order valence-corrected chi connectivity index (χ1v) is 9.32. The maximum atomic E-state index is 12.7. The Morgan fingerprint density at radius 3 is 2.54 bits per heavy atom. The first-order chi connectivity index (χ1) is 13.3. The van der Waals surface area contributed by atoms with Gasteiger partial charge < -0.3 is 20.3 Å². The molecule has 2 N–H and O–H groups in total. The molecule has 0 spiro atoms. The first kappa shape index (κ1) is 21.2. The molecule has 0 aromatic heterocycles. The Labute approximate surface area is 164 Å². The van der Waals surface area contributed by atoms with Gasteiger partial charge in [-0.05, 0) is 51.8 Å². The Kier molecular flexibility index (Phi) is 6.99. The highest BCUT2D eigenvalue weighted by Gasteiger charge is 2.37. The number of anilines is 1. The normalized spacial score (nSPS) is 14.7. The summed E-state index contributed by atoms with van der Waals surface area (Å²) in [5.74, 6) is -0.833. The summed E-state index contributed by atoms with van der Waals surface area (Å²) in [5, 5.41) is 14.5. The summed E-state index contributed by atoms with van der Waals surface area (Å²) in [6, 6.07) is 8.42. The van der Waals surface area contributed by atoms with Crippen molar-refractivity contribution in [2.75, 3.05) is 25.0 Å². The number of benzene rings is 1. The molecular weight excluding hydrogens is 360 g/mol. The number of carbonyl (C=O) groups is 3. The van der Waals surface area contributed by atoms with Crippen LogP contribution in [0.15, 0.2) is 24.3 Å². The molecular formula is C20H26N4O4. The SMILES string of the molecule is CCOC(=O)N1CCC(NC(=O)C(C)(C)C(=O)Nc2cccc(C#N)c2)CC1. The average Bonchev–Trinajstić information content (AvgIpc) is 2.68. The molecule has 1 fully saturated rings. The molecule has 0 aliphatic carbocycles. The second-order valence-electron chi connectivity index (χ2n) is 7.21. The van der Waals surface area contributed by atoms with E-state index in [9.17, 15) is 14.4 Å². The van der Waals surface area contributed by atoms with Crippen LogP contribution < -0.4 is 10.6 Å². The number of likely N-dealkylation sites (tertiary alicyclic amines) is 1. The largest absolute Gasteiger partial charge is 0.450 e. The number of nitriles is 1. The van der Waals surface area contributed by atoms with Gasteiger partial charge in [-0.25, -0.2) is 4.79 Å². The predicted molar refractivity (Wildman–Crippen MR) is 103 cm³/mol. The van der Waals surface area contributed by atoms with E-state index in [1.54, 1.807) is 49.9 Å². The molecule has 0 radical (unpaired) electrons. The van der Waals surface area contributed by atoms with E-state index < -0.39 is 11.3 Å². The zero-order valence-corrected chi connectivity index (χ0v) is 16.4. The van der Waals surface area contributed by atoms with Crippen LogP contribution in [0.2, 0.25) is 0 Å². The van der Waals surface area contributed by atoms with Gasteiger partial charge in [0.2, 0.25) is 11.8 Å². The molecule has 1 aliphatic heterocycles. The van der Waals surface area contributed by atoms with Gasteiger partial charge in [0.25, 0.3) is 0 Å². The molecule has 1 saturated heterocycles. The van der Waals surface area contributed by atoms with Crippen LogP contribution in [0.3, 0.4) is 0 Å². The van der Waals surface area contributed by atoms with E-state index in [2.05, 4.69) is 10.6 Å². The number of amides is 3. The molecule has 0 unspecified atom stereocenters. The summed E-state index contributed by atoms with van der Waals surface area (Å²) in [7, 11) is 0. The Balaban J connectivity index is 1.91. The fraction of sp³-hybridized carbons (Fsp3) is 0.500. The van der Waals surface area contributed by atoms with Crippen LogP contribution in [-0.4, -0.2) is 48.5 Å². The molecule has 8 nitrogen and oxygen atoms in total. The second-order valence-corrected chi connectivity index (χ2v) is 7.21. The maximum Gasteiger partial charge on any atom is 0.409 e. The van der Waals surface area contributed by atoms with Crippen LogP contribution in [0, 0.1) is 16.7 Å². The summed E-state index contributed by atoms with van der Waals surface area (Å²) >= 11 is 0. The van der Waals surface area contributed by atoms with E-state index in [-0.39, 0.29) is 18.0 Å². The van der Waals surface area contributed by atoms with Crippen LogP contribution in [-0.2, 0) is 14.3 Å².